The molecule has 1 N–H and O–H groups in total. The number of thiophene rings is 1. The molecule has 0 atom stereocenters. The summed E-state index contributed by atoms with van der Waals surface area (Å²) in [5, 5.41) is 12.3. The zero-order valence-corrected chi connectivity index (χ0v) is 17.2. The van der Waals surface area contributed by atoms with Crippen LogP contribution in [0.3, 0.4) is 0 Å². The normalized spacial score (nSPS) is 12.2. The van der Waals surface area contributed by atoms with E-state index < -0.39 is 11.7 Å². The van der Waals surface area contributed by atoms with Gasteiger partial charge in [0.2, 0.25) is 0 Å². The molecule has 150 valence electrons. The van der Waals surface area contributed by atoms with Gasteiger partial charge in [0.1, 0.15) is 5.75 Å². The standard InChI is InChI=1S/C22H18F3NOS2/c1-14(26-12-18(28)11-15-5-3-2-4-6-15)19-13-29-21(20(19)27)16-7-9-17(10-8-16)22(23,24)25/h2-10,13,27H,11-12H2,1H3. The quantitative estimate of drug-likeness (QED) is 0.353. The molecule has 0 saturated carbocycles. The molecule has 0 radical (unpaired) electrons. The topological polar surface area (TPSA) is 32.6 Å². The van der Waals surface area contributed by atoms with E-state index in [-0.39, 0.29) is 5.75 Å². The van der Waals surface area contributed by atoms with Crippen molar-refractivity contribution in [2.24, 2.45) is 4.99 Å². The molecule has 0 fully saturated rings. The molecule has 0 saturated heterocycles. The van der Waals surface area contributed by atoms with Gasteiger partial charge in [-0.2, -0.15) is 13.2 Å². The van der Waals surface area contributed by atoms with Crippen LogP contribution >= 0.6 is 23.6 Å². The molecule has 0 aliphatic heterocycles. The molecule has 0 aliphatic carbocycles. The minimum Gasteiger partial charge on any atom is -0.506 e. The average molecular weight is 434 g/mol. The van der Waals surface area contributed by atoms with E-state index in [1.165, 1.54) is 23.5 Å². The smallest absolute Gasteiger partial charge is 0.416 e. The van der Waals surface area contributed by atoms with Crippen LogP contribution in [-0.2, 0) is 12.6 Å². The van der Waals surface area contributed by atoms with E-state index in [4.69, 9.17) is 12.2 Å². The van der Waals surface area contributed by atoms with Gasteiger partial charge in [-0.25, -0.2) is 0 Å². The van der Waals surface area contributed by atoms with E-state index in [0.717, 1.165) is 22.6 Å². The molecule has 0 unspecified atom stereocenters. The van der Waals surface area contributed by atoms with Crippen molar-refractivity contribution in [3.8, 4) is 16.2 Å². The van der Waals surface area contributed by atoms with Gasteiger partial charge in [-0.15, -0.1) is 11.3 Å². The molecule has 29 heavy (non-hydrogen) atoms. The third-order valence-electron chi connectivity index (χ3n) is 4.37. The third-order valence-corrected chi connectivity index (χ3v) is 5.66. The first-order chi connectivity index (χ1) is 13.8. The van der Waals surface area contributed by atoms with Crippen LogP contribution in [0.25, 0.3) is 10.4 Å². The average Bonchev–Trinajstić information content (AvgIpc) is 3.08. The Morgan fingerprint density at radius 3 is 2.34 bits per heavy atom. The van der Waals surface area contributed by atoms with Crippen LogP contribution in [0, 0.1) is 0 Å². The number of benzene rings is 2. The fourth-order valence-corrected chi connectivity index (χ4v) is 4.04. The highest BCUT2D eigenvalue weighted by molar-refractivity contribution is 7.80. The van der Waals surface area contributed by atoms with E-state index in [1.807, 2.05) is 30.3 Å². The lowest BCUT2D eigenvalue weighted by atomic mass is 10.1. The summed E-state index contributed by atoms with van der Waals surface area (Å²) in [6.07, 6.45) is -3.73. The summed E-state index contributed by atoms with van der Waals surface area (Å²) in [5.41, 5.74) is 2.12. The summed E-state index contributed by atoms with van der Waals surface area (Å²) < 4.78 is 38.2. The number of thiocarbonyl (C=S) groups is 1. The summed E-state index contributed by atoms with van der Waals surface area (Å²) in [7, 11) is 0. The lowest BCUT2D eigenvalue weighted by molar-refractivity contribution is -0.137. The number of aliphatic imine (C=N–C) groups is 1. The van der Waals surface area contributed by atoms with Gasteiger partial charge in [0, 0.05) is 27.9 Å². The van der Waals surface area contributed by atoms with Crippen molar-refractivity contribution in [3.05, 3.63) is 76.7 Å². The predicted molar refractivity (Wildman–Crippen MR) is 116 cm³/mol. The number of hydrogen-bond acceptors (Lipinski definition) is 4. The number of aromatic hydroxyl groups is 1. The van der Waals surface area contributed by atoms with Gasteiger partial charge in [-0.05, 0) is 30.2 Å². The van der Waals surface area contributed by atoms with Gasteiger partial charge >= 0.3 is 6.18 Å². The van der Waals surface area contributed by atoms with Gasteiger partial charge < -0.3 is 5.11 Å². The van der Waals surface area contributed by atoms with E-state index in [2.05, 4.69) is 4.99 Å². The number of halogens is 3. The summed E-state index contributed by atoms with van der Waals surface area (Å²) in [4.78, 5) is 5.77. The van der Waals surface area contributed by atoms with Crippen LogP contribution in [0.5, 0.6) is 5.75 Å². The zero-order chi connectivity index (χ0) is 21.0. The monoisotopic (exact) mass is 433 g/mol. The van der Waals surface area contributed by atoms with Gasteiger partial charge in [0.25, 0.3) is 0 Å². The number of rotatable bonds is 6. The first kappa shape index (κ1) is 21.2. The Hall–Kier alpha value is -2.51. The molecular weight excluding hydrogens is 415 g/mol. The molecular formula is C22H18F3NOS2. The van der Waals surface area contributed by atoms with E-state index >= 15 is 0 Å². The molecule has 3 rings (SSSR count). The maximum atomic E-state index is 12.7. The molecule has 0 bridgehead atoms. The van der Waals surface area contributed by atoms with E-state index in [1.54, 1.807) is 12.3 Å². The first-order valence-electron chi connectivity index (χ1n) is 8.81. The highest BCUT2D eigenvalue weighted by atomic mass is 32.1. The van der Waals surface area contributed by atoms with Crippen molar-refractivity contribution < 1.29 is 18.3 Å². The van der Waals surface area contributed by atoms with Crippen LogP contribution < -0.4 is 0 Å². The van der Waals surface area contributed by atoms with Gasteiger partial charge in [-0.1, -0.05) is 54.7 Å². The highest BCUT2D eigenvalue weighted by Gasteiger charge is 2.30. The molecule has 1 aromatic heterocycles. The van der Waals surface area contributed by atoms with Crippen LogP contribution in [0.2, 0.25) is 0 Å². The zero-order valence-electron chi connectivity index (χ0n) is 15.5. The lowest BCUT2D eigenvalue weighted by Gasteiger charge is -2.07. The van der Waals surface area contributed by atoms with Crippen LogP contribution in [0.4, 0.5) is 13.2 Å². The van der Waals surface area contributed by atoms with Gasteiger partial charge in [-0.3, -0.25) is 4.99 Å². The second-order valence-corrected chi connectivity index (χ2v) is 7.96. The Morgan fingerprint density at radius 1 is 1.07 bits per heavy atom. The van der Waals surface area contributed by atoms with Crippen LogP contribution in [-0.4, -0.2) is 22.2 Å². The molecule has 1 heterocycles. The number of hydrogen-bond donors (Lipinski definition) is 1. The summed E-state index contributed by atoms with van der Waals surface area (Å²) in [5.74, 6) is 0.0185. The van der Waals surface area contributed by atoms with Crippen molar-refractivity contribution in [1.82, 2.24) is 0 Å². The molecule has 3 aromatic rings. The Labute approximate surface area is 176 Å². The highest BCUT2D eigenvalue weighted by Crippen LogP contribution is 2.40. The molecule has 7 heteroatoms. The van der Waals surface area contributed by atoms with E-state index in [0.29, 0.717) is 34.7 Å². The predicted octanol–water partition coefficient (Wildman–Crippen LogP) is 6.56. The molecule has 0 aliphatic rings. The fourth-order valence-electron chi connectivity index (χ4n) is 2.80. The maximum absolute atomic E-state index is 12.7. The third kappa shape index (κ3) is 5.31. The minimum atomic E-state index is -4.39. The maximum Gasteiger partial charge on any atom is 0.416 e. The number of nitrogens with zero attached hydrogens (tertiary/aromatic N) is 1. The van der Waals surface area contributed by atoms with Crippen molar-refractivity contribution in [3.63, 3.8) is 0 Å². The van der Waals surface area contributed by atoms with Crippen LogP contribution in [0.15, 0.2) is 65.0 Å². The molecule has 0 amide bonds. The molecule has 0 spiro atoms. The Kier molecular flexibility index (Phi) is 6.49. The first-order valence-corrected chi connectivity index (χ1v) is 10.1. The van der Waals surface area contributed by atoms with Crippen molar-refractivity contribution >= 4 is 34.1 Å². The van der Waals surface area contributed by atoms with Crippen LogP contribution in [0.1, 0.15) is 23.6 Å². The SMILES string of the molecule is CC(=NCC(=S)Cc1ccccc1)c1csc(-c2ccc(C(F)(F)F)cc2)c1O. The fraction of sp³-hybridized carbons (Fsp3) is 0.182. The Balaban J connectivity index is 1.72. The summed E-state index contributed by atoms with van der Waals surface area (Å²) in [6.45, 7) is 2.14. The molecule has 2 aromatic carbocycles. The second-order valence-electron chi connectivity index (χ2n) is 6.50. The minimum absolute atomic E-state index is 0.0185. The number of alkyl halides is 3. The largest absolute Gasteiger partial charge is 0.506 e. The molecule has 2 nitrogen and oxygen atoms in total. The van der Waals surface area contributed by atoms with Crippen molar-refractivity contribution in [2.45, 2.75) is 19.5 Å². The summed E-state index contributed by atoms with van der Waals surface area (Å²) >= 11 is 6.67. The van der Waals surface area contributed by atoms with Crippen molar-refractivity contribution in [1.29, 1.82) is 0 Å². The Bertz CT molecular complexity index is 1020. The lowest BCUT2D eigenvalue weighted by Crippen LogP contribution is -2.06. The second kappa shape index (κ2) is 8.88. The van der Waals surface area contributed by atoms with Gasteiger partial charge in [0.05, 0.1) is 17.0 Å². The Morgan fingerprint density at radius 2 is 1.72 bits per heavy atom. The van der Waals surface area contributed by atoms with Gasteiger partial charge in [0.15, 0.2) is 0 Å². The summed E-state index contributed by atoms with van der Waals surface area (Å²) in [6, 6.07) is 14.6. The van der Waals surface area contributed by atoms with E-state index in [9.17, 15) is 18.3 Å². The van der Waals surface area contributed by atoms with Crippen molar-refractivity contribution in [2.75, 3.05) is 6.54 Å².